The van der Waals surface area contributed by atoms with Gasteiger partial charge in [-0.25, -0.2) is 0 Å². The molecular weight excluding hydrogens is 172 g/mol. The predicted octanol–water partition coefficient (Wildman–Crippen LogP) is 3.30. The van der Waals surface area contributed by atoms with Crippen LogP contribution in [0.3, 0.4) is 0 Å². The first kappa shape index (κ1) is 10.8. The van der Waals surface area contributed by atoms with E-state index in [-0.39, 0.29) is 0 Å². The van der Waals surface area contributed by atoms with E-state index in [4.69, 9.17) is 0 Å². The van der Waals surface area contributed by atoms with Gasteiger partial charge in [-0.2, -0.15) is 5.10 Å². The van der Waals surface area contributed by atoms with Crippen molar-refractivity contribution in [2.45, 2.75) is 26.7 Å². The number of benzene rings is 1. The lowest BCUT2D eigenvalue weighted by atomic mass is 10.2. The zero-order valence-corrected chi connectivity index (χ0v) is 9.20. The van der Waals surface area contributed by atoms with Gasteiger partial charge in [0.2, 0.25) is 0 Å². The van der Waals surface area contributed by atoms with E-state index in [0.29, 0.717) is 0 Å². The molecule has 2 heteroatoms. The summed E-state index contributed by atoms with van der Waals surface area (Å²) in [5.74, 6) is 0. The molecule has 0 bridgehead atoms. The van der Waals surface area contributed by atoms with Crippen LogP contribution in [0.5, 0.6) is 0 Å². The molecule has 0 spiro atoms. The van der Waals surface area contributed by atoms with Gasteiger partial charge in [-0.05, 0) is 25.0 Å². The van der Waals surface area contributed by atoms with Gasteiger partial charge in [-0.15, -0.1) is 0 Å². The van der Waals surface area contributed by atoms with Gasteiger partial charge in [-0.3, -0.25) is 5.01 Å². The fourth-order valence-corrected chi connectivity index (χ4v) is 1.31. The summed E-state index contributed by atoms with van der Waals surface area (Å²) >= 11 is 0. The van der Waals surface area contributed by atoms with Crippen LogP contribution in [0.25, 0.3) is 0 Å². The van der Waals surface area contributed by atoms with E-state index in [2.05, 4.69) is 31.1 Å². The molecule has 0 saturated carbocycles. The SMILES string of the molecule is CCC(CC)=NN(C)c1ccccc1. The Bertz CT molecular complexity index is 284. The molecule has 0 heterocycles. The highest BCUT2D eigenvalue weighted by Gasteiger charge is 1.98. The van der Waals surface area contributed by atoms with Crippen LogP contribution in [0.4, 0.5) is 5.69 Å². The largest absolute Gasteiger partial charge is 0.269 e. The first-order valence-corrected chi connectivity index (χ1v) is 5.13. The van der Waals surface area contributed by atoms with Crippen molar-refractivity contribution < 1.29 is 0 Å². The number of rotatable bonds is 4. The molecule has 0 unspecified atom stereocenters. The molecule has 0 N–H and O–H groups in total. The van der Waals surface area contributed by atoms with Gasteiger partial charge < -0.3 is 0 Å². The molecule has 0 aliphatic heterocycles. The number of hydrogen-bond acceptors (Lipinski definition) is 2. The first-order chi connectivity index (χ1) is 6.77. The van der Waals surface area contributed by atoms with Crippen LogP contribution in [0, 0.1) is 0 Å². The zero-order chi connectivity index (χ0) is 10.4. The number of hydrogen-bond donors (Lipinski definition) is 0. The molecule has 14 heavy (non-hydrogen) atoms. The number of para-hydroxylation sites is 1. The van der Waals surface area contributed by atoms with Crippen molar-refractivity contribution in [3.63, 3.8) is 0 Å². The summed E-state index contributed by atoms with van der Waals surface area (Å²) in [7, 11) is 1.99. The summed E-state index contributed by atoms with van der Waals surface area (Å²) in [6.45, 7) is 4.28. The lowest BCUT2D eigenvalue weighted by molar-refractivity contribution is 0.980. The van der Waals surface area contributed by atoms with Crippen molar-refractivity contribution in [2.75, 3.05) is 12.1 Å². The Kier molecular flexibility index (Phi) is 4.17. The van der Waals surface area contributed by atoms with Gasteiger partial charge in [0.05, 0.1) is 5.69 Å². The van der Waals surface area contributed by atoms with Crippen molar-refractivity contribution in [3.8, 4) is 0 Å². The monoisotopic (exact) mass is 190 g/mol. The maximum atomic E-state index is 4.53. The lowest BCUT2D eigenvalue weighted by Crippen LogP contribution is -2.12. The third-order valence-corrected chi connectivity index (χ3v) is 2.24. The van der Waals surface area contributed by atoms with E-state index >= 15 is 0 Å². The van der Waals surface area contributed by atoms with Gasteiger partial charge in [-0.1, -0.05) is 32.0 Å². The summed E-state index contributed by atoms with van der Waals surface area (Å²) in [4.78, 5) is 0. The summed E-state index contributed by atoms with van der Waals surface area (Å²) in [5.41, 5.74) is 2.36. The molecule has 1 aromatic carbocycles. The molecule has 1 rings (SSSR count). The van der Waals surface area contributed by atoms with E-state index in [1.54, 1.807) is 0 Å². The second-order valence-corrected chi connectivity index (χ2v) is 3.23. The minimum absolute atomic E-state index is 1.02. The molecule has 1 aromatic rings. The van der Waals surface area contributed by atoms with E-state index in [1.807, 2.05) is 30.3 Å². The number of nitrogens with zero attached hydrogens (tertiary/aromatic N) is 2. The first-order valence-electron chi connectivity index (χ1n) is 5.13. The predicted molar refractivity (Wildman–Crippen MR) is 62.9 cm³/mol. The third-order valence-electron chi connectivity index (χ3n) is 2.24. The van der Waals surface area contributed by atoms with Gasteiger partial charge in [0, 0.05) is 12.8 Å². The minimum Gasteiger partial charge on any atom is -0.269 e. The molecule has 0 amide bonds. The topological polar surface area (TPSA) is 15.6 Å². The molecule has 0 aliphatic carbocycles. The summed E-state index contributed by atoms with van der Waals surface area (Å²) in [6.07, 6.45) is 2.04. The van der Waals surface area contributed by atoms with Crippen molar-refractivity contribution in [3.05, 3.63) is 30.3 Å². The van der Waals surface area contributed by atoms with Gasteiger partial charge >= 0.3 is 0 Å². The Hall–Kier alpha value is -1.31. The highest BCUT2D eigenvalue weighted by Crippen LogP contribution is 2.11. The Labute approximate surface area is 86.2 Å². The van der Waals surface area contributed by atoms with E-state index in [9.17, 15) is 0 Å². The average molecular weight is 190 g/mol. The van der Waals surface area contributed by atoms with Crippen LogP contribution in [0.1, 0.15) is 26.7 Å². The van der Waals surface area contributed by atoms with E-state index in [0.717, 1.165) is 18.5 Å². The Balaban J connectivity index is 2.76. The molecule has 0 aromatic heterocycles. The highest BCUT2D eigenvalue weighted by molar-refractivity contribution is 5.84. The van der Waals surface area contributed by atoms with Crippen molar-refractivity contribution in [1.29, 1.82) is 0 Å². The van der Waals surface area contributed by atoms with Crippen LogP contribution >= 0.6 is 0 Å². The number of hydrazone groups is 1. The second kappa shape index (κ2) is 5.43. The third kappa shape index (κ3) is 2.87. The second-order valence-electron chi connectivity index (χ2n) is 3.23. The van der Waals surface area contributed by atoms with E-state index in [1.165, 1.54) is 5.71 Å². The summed E-state index contributed by atoms with van der Waals surface area (Å²) in [5, 5.41) is 6.47. The normalized spacial score (nSPS) is 9.64. The highest BCUT2D eigenvalue weighted by atomic mass is 15.4. The molecular formula is C12H18N2. The maximum Gasteiger partial charge on any atom is 0.0590 e. The smallest absolute Gasteiger partial charge is 0.0590 e. The molecule has 0 saturated heterocycles. The molecule has 0 atom stereocenters. The van der Waals surface area contributed by atoms with Crippen molar-refractivity contribution in [2.24, 2.45) is 5.10 Å². The molecule has 0 fully saturated rings. The average Bonchev–Trinajstić information content (AvgIpc) is 2.26. The van der Waals surface area contributed by atoms with Crippen LogP contribution in [0.15, 0.2) is 35.4 Å². The molecule has 0 aliphatic rings. The minimum atomic E-state index is 1.02. The summed E-state index contributed by atoms with van der Waals surface area (Å²) in [6, 6.07) is 10.2. The van der Waals surface area contributed by atoms with E-state index < -0.39 is 0 Å². The Morgan fingerprint density at radius 2 is 1.71 bits per heavy atom. The molecule has 0 radical (unpaired) electrons. The van der Waals surface area contributed by atoms with Crippen LogP contribution in [0.2, 0.25) is 0 Å². The van der Waals surface area contributed by atoms with Gasteiger partial charge in [0.1, 0.15) is 0 Å². The van der Waals surface area contributed by atoms with Gasteiger partial charge in [0.15, 0.2) is 0 Å². The quantitative estimate of drug-likeness (QED) is 0.525. The van der Waals surface area contributed by atoms with Crippen LogP contribution < -0.4 is 5.01 Å². The standard InChI is InChI=1S/C12H18N2/c1-4-11(5-2)13-14(3)12-9-7-6-8-10-12/h6-10H,4-5H2,1-3H3. The molecule has 76 valence electrons. The fourth-order valence-electron chi connectivity index (χ4n) is 1.31. The van der Waals surface area contributed by atoms with Crippen LogP contribution in [-0.4, -0.2) is 12.8 Å². The fraction of sp³-hybridized carbons (Fsp3) is 0.417. The Morgan fingerprint density at radius 3 is 2.21 bits per heavy atom. The van der Waals surface area contributed by atoms with Crippen molar-refractivity contribution >= 4 is 11.4 Å². The zero-order valence-electron chi connectivity index (χ0n) is 9.20. The summed E-state index contributed by atoms with van der Waals surface area (Å²) < 4.78 is 0. The van der Waals surface area contributed by atoms with Crippen LogP contribution in [-0.2, 0) is 0 Å². The lowest BCUT2D eigenvalue weighted by Gasteiger charge is -2.14. The van der Waals surface area contributed by atoms with Gasteiger partial charge in [0.25, 0.3) is 0 Å². The number of anilines is 1. The maximum absolute atomic E-state index is 4.53. The Morgan fingerprint density at radius 1 is 1.14 bits per heavy atom. The van der Waals surface area contributed by atoms with Crippen molar-refractivity contribution in [1.82, 2.24) is 0 Å². The molecule has 2 nitrogen and oxygen atoms in total.